The van der Waals surface area contributed by atoms with Gasteiger partial charge in [-0.2, -0.15) is 0 Å². The van der Waals surface area contributed by atoms with Crippen molar-refractivity contribution in [3.63, 3.8) is 0 Å². The number of carbonyl (C=O) groups is 1. The molecule has 5 nitrogen and oxygen atoms in total. The first-order valence-corrected chi connectivity index (χ1v) is 10.3. The topological polar surface area (TPSA) is 59.8 Å². The molecule has 1 saturated carbocycles. The number of aromatic nitrogens is 3. The van der Waals surface area contributed by atoms with Gasteiger partial charge >= 0.3 is 0 Å². The van der Waals surface area contributed by atoms with Crippen LogP contribution in [0.1, 0.15) is 23.7 Å². The minimum absolute atomic E-state index is 0.0214. The molecule has 6 heteroatoms. The van der Waals surface area contributed by atoms with Gasteiger partial charge in [0.1, 0.15) is 5.25 Å². The first-order chi connectivity index (χ1) is 13.8. The SMILES string of the molecule is C=CCn1c(S[C@H](C(=O)NC2CC2)c2ccccc2)nnc1-c1ccccc1. The van der Waals surface area contributed by atoms with Gasteiger partial charge in [-0.25, -0.2) is 0 Å². The molecule has 1 aromatic heterocycles. The van der Waals surface area contributed by atoms with Crippen LogP contribution in [0.5, 0.6) is 0 Å². The van der Waals surface area contributed by atoms with Crippen molar-refractivity contribution >= 4 is 17.7 Å². The minimum Gasteiger partial charge on any atom is -0.352 e. The van der Waals surface area contributed by atoms with Crippen LogP contribution in [0, 0.1) is 0 Å². The zero-order valence-corrected chi connectivity index (χ0v) is 16.3. The maximum absolute atomic E-state index is 12.9. The molecule has 0 unspecified atom stereocenters. The molecule has 2 aromatic carbocycles. The van der Waals surface area contributed by atoms with Crippen molar-refractivity contribution in [3.05, 3.63) is 78.9 Å². The van der Waals surface area contributed by atoms with Crippen LogP contribution in [0.2, 0.25) is 0 Å². The van der Waals surface area contributed by atoms with Crippen molar-refractivity contribution in [1.82, 2.24) is 20.1 Å². The third-order valence-electron chi connectivity index (χ3n) is 4.55. The number of hydrogen-bond acceptors (Lipinski definition) is 4. The molecule has 1 N–H and O–H groups in total. The molecule has 1 fully saturated rings. The molecule has 0 radical (unpaired) electrons. The molecule has 0 spiro atoms. The quantitative estimate of drug-likeness (QED) is 0.462. The summed E-state index contributed by atoms with van der Waals surface area (Å²) in [5, 5.41) is 12.3. The van der Waals surface area contributed by atoms with E-state index in [0.717, 1.165) is 29.8 Å². The summed E-state index contributed by atoms with van der Waals surface area (Å²) in [6.07, 6.45) is 3.94. The summed E-state index contributed by atoms with van der Waals surface area (Å²) in [7, 11) is 0. The van der Waals surface area contributed by atoms with Gasteiger partial charge in [0.15, 0.2) is 11.0 Å². The summed E-state index contributed by atoms with van der Waals surface area (Å²) in [5.41, 5.74) is 1.95. The van der Waals surface area contributed by atoms with Gasteiger partial charge < -0.3 is 5.32 Å². The highest BCUT2D eigenvalue weighted by Crippen LogP contribution is 2.37. The second kappa shape index (κ2) is 8.44. The Hall–Kier alpha value is -2.86. The maximum Gasteiger partial charge on any atom is 0.238 e. The molecular formula is C22H22N4OS. The lowest BCUT2D eigenvalue weighted by Crippen LogP contribution is -2.30. The van der Waals surface area contributed by atoms with E-state index < -0.39 is 0 Å². The predicted octanol–water partition coefficient (Wildman–Crippen LogP) is 4.24. The number of benzene rings is 2. The number of nitrogens with zero attached hydrogens (tertiary/aromatic N) is 3. The van der Waals surface area contributed by atoms with Gasteiger partial charge in [-0.1, -0.05) is 78.5 Å². The van der Waals surface area contributed by atoms with E-state index in [9.17, 15) is 4.79 Å². The highest BCUT2D eigenvalue weighted by molar-refractivity contribution is 8.00. The van der Waals surface area contributed by atoms with Crippen molar-refractivity contribution in [2.24, 2.45) is 0 Å². The number of carbonyl (C=O) groups excluding carboxylic acids is 1. The van der Waals surface area contributed by atoms with Gasteiger partial charge in [0.05, 0.1) is 0 Å². The third kappa shape index (κ3) is 4.17. The highest BCUT2D eigenvalue weighted by Gasteiger charge is 2.30. The van der Waals surface area contributed by atoms with Crippen molar-refractivity contribution in [2.75, 3.05) is 0 Å². The summed E-state index contributed by atoms with van der Waals surface area (Å²) >= 11 is 1.43. The third-order valence-corrected chi connectivity index (χ3v) is 5.78. The average Bonchev–Trinajstić information content (AvgIpc) is 3.46. The lowest BCUT2D eigenvalue weighted by Gasteiger charge is -2.17. The smallest absolute Gasteiger partial charge is 0.238 e. The first-order valence-electron chi connectivity index (χ1n) is 9.37. The van der Waals surface area contributed by atoms with Crippen molar-refractivity contribution in [2.45, 2.75) is 35.8 Å². The Morgan fingerprint density at radius 1 is 1.14 bits per heavy atom. The van der Waals surface area contributed by atoms with E-state index in [4.69, 9.17) is 0 Å². The van der Waals surface area contributed by atoms with Gasteiger partial charge in [0.2, 0.25) is 5.91 Å². The fourth-order valence-electron chi connectivity index (χ4n) is 2.98. The van der Waals surface area contributed by atoms with Crippen LogP contribution >= 0.6 is 11.8 Å². The van der Waals surface area contributed by atoms with E-state index in [1.807, 2.05) is 71.3 Å². The molecule has 4 rings (SSSR count). The molecule has 3 aromatic rings. The van der Waals surface area contributed by atoms with Crippen LogP contribution in [0.15, 0.2) is 78.5 Å². The normalized spacial score (nSPS) is 14.4. The van der Waals surface area contributed by atoms with E-state index in [0.29, 0.717) is 17.7 Å². The van der Waals surface area contributed by atoms with Gasteiger partial charge in [-0.05, 0) is 18.4 Å². The Bertz CT molecular complexity index is 951. The Kier molecular flexibility index (Phi) is 5.58. The molecule has 1 atom stereocenters. The molecule has 0 saturated heterocycles. The van der Waals surface area contributed by atoms with Crippen LogP contribution in [-0.2, 0) is 11.3 Å². The minimum atomic E-state index is -0.377. The van der Waals surface area contributed by atoms with Crippen LogP contribution < -0.4 is 5.32 Å². The first kappa shape index (κ1) is 18.5. The Morgan fingerprint density at radius 2 is 1.82 bits per heavy atom. The maximum atomic E-state index is 12.9. The molecule has 0 bridgehead atoms. The van der Waals surface area contributed by atoms with Crippen molar-refractivity contribution in [3.8, 4) is 11.4 Å². The van der Waals surface area contributed by atoms with Crippen LogP contribution in [-0.4, -0.2) is 26.7 Å². The fourth-order valence-corrected chi connectivity index (χ4v) is 4.04. The highest BCUT2D eigenvalue weighted by atomic mass is 32.2. The molecule has 1 aliphatic rings. The summed E-state index contributed by atoms with van der Waals surface area (Å²) in [4.78, 5) is 12.9. The lowest BCUT2D eigenvalue weighted by molar-refractivity contribution is -0.120. The Labute approximate surface area is 168 Å². The standard InChI is InChI=1S/C22H22N4OS/c1-2-15-26-20(17-11-7-4-8-12-17)24-25-22(26)28-19(16-9-5-3-6-10-16)21(27)23-18-13-14-18/h2-12,18-19H,1,13-15H2,(H,23,27)/t19-/m0/s1. The molecular weight excluding hydrogens is 368 g/mol. The summed E-state index contributed by atoms with van der Waals surface area (Å²) in [6.45, 7) is 4.44. The monoisotopic (exact) mass is 390 g/mol. The largest absolute Gasteiger partial charge is 0.352 e. The lowest BCUT2D eigenvalue weighted by atomic mass is 10.1. The Balaban J connectivity index is 1.67. The van der Waals surface area contributed by atoms with E-state index >= 15 is 0 Å². The van der Waals surface area contributed by atoms with E-state index in [1.165, 1.54) is 11.8 Å². The molecule has 28 heavy (non-hydrogen) atoms. The van der Waals surface area contributed by atoms with Crippen LogP contribution in [0.25, 0.3) is 11.4 Å². The summed E-state index contributed by atoms with van der Waals surface area (Å²) in [6, 6.07) is 20.1. The Morgan fingerprint density at radius 3 is 2.46 bits per heavy atom. The van der Waals surface area contributed by atoms with Crippen molar-refractivity contribution in [1.29, 1.82) is 0 Å². The second-order valence-electron chi connectivity index (χ2n) is 6.76. The van der Waals surface area contributed by atoms with Gasteiger partial charge in [0, 0.05) is 18.2 Å². The molecule has 0 aliphatic heterocycles. The summed E-state index contributed by atoms with van der Waals surface area (Å²) < 4.78 is 2.01. The second-order valence-corrected chi connectivity index (χ2v) is 7.84. The number of rotatable bonds is 8. The number of thioether (sulfide) groups is 1. The van der Waals surface area contributed by atoms with E-state index in [1.54, 1.807) is 0 Å². The fraction of sp³-hybridized carbons (Fsp3) is 0.227. The van der Waals surface area contributed by atoms with Gasteiger partial charge in [-0.15, -0.1) is 16.8 Å². The number of nitrogens with one attached hydrogen (secondary N) is 1. The number of hydrogen-bond donors (Lipinski definition) is 1. The summed E-state index contributed by atoms with van der Waals surface area (Å²) in [5.74, 6) is 0.797. The van der Waals surface area contributed by atoms with Crippen LogP contribution in [0.4, 0.5) is 0 Å². The van der Waals surface area contributed by atoms with Crippen LogP contribution in [0.3, 0.4) is 0 Å². The molecule has 1 amide bonds. The van der Waals surface area contributed by atoms with E-state index in [2.05, 4.69) is 22.1 Å². The van der Waals surface area contributed by atoms with Crippen molar-refractivity contribution < 1.29 is 4.79 Å². The molecule has 1 aliphatic carbocycles. The average molecular weight is 391 g/mol. The van der Waals surface area contributed by atoms with Gasteiger partial charge in [-0.3, -0.25) is 9.36 Å². The number of amides is 1. The van der Waals surface area contributed by atoms with E-state index in [-0.39, 0.29) is 11.2 Å². The zero-order chi connectivity index (χ0) is 19.3. The molecule has 1 heterocycles. The zero-order valence-electron chi connectivity index (χ0n) is 15.5. The molecule has 142 valence electrons. The predicted molar refractivity (Wildman–Crippen MR) is 112 cm³/mol. The van der Waals surface area contributed by atoms with Gasteiger partial charge in [0.25, 0.3) is 0 Å². The number of allylic oxidation sites excluding steroid dienone is 1.